The molecule has 1 aliphatic rings. The first-order chi connectivity index (χ1) is 10.1. The molecule has 1 aliphatic heterocycles. The zero-order chi connectivity index (χ0) is 14.8. The predicted octanol–water partition coefficient (Wildman–Crippen LogP) is 2.83. The third-order valence-electron chi connectivity index (χ3n) is 4.09. The lowest BCUT2D eigenvalue weighted by Crippen LogP contribution is -2.44. The third-order valence-corrected chi connectivity index (χ3v) is 4.55. The second-order valence-corrected chi connectivity index (χ2v) is 6.52. The van der Waals surface area contributed by atoms with Crippen LogP contribution < -0.4 is 5.32 Å². The van der Waals surface area contributed by atoms with Crippen LogP contribution in [-0.4, -0.2) is 33.3 Å². The minimum absolute atomic E-state index is 0.160. The summed E-state index contributed by atoms with van der Waals surface area (Å²) in [5.41, 5.74) is 1.22. The second kappa shape index (κ2) is 6.42. The number of nitrogens with one attached hydrogen (secondary N) is 1. The summed E-state index contributed by atoms with van der Waals surface area (Å²) in [5, 5.41) is 13.3. The number of imidazole rings is 1. The van der Waals surface area contributed by atoms with Gasteiger partial charge in [0.2, 0.25) is 0 Å². The molecule has 2 heterocycles. The van der Waals surface area contributed by atoms with Crippen molar-refractivity contribution in [2.24, 2.45) is 0 Å². The summed E-state index contributed by atoms with van der Waals surface area (Å²) in [4.78, 5) is 4.25. The van der Waals surface area contributed by atoms with Crippen LogP contribution in [0.5, 0.6) is 0 Å². The molecule has 0 aliphatic carbocycles. The van der Waals surface area contributed by atoms with Crippen molar-refractivity contribution < 1.29 is 9.50 Å². The van der Waals surface area contributed by atoms with Crippen LogP contribution in [0.3, 0.4) is 0 Å². The summed E-state index contributed by atoms with van der Waals surface area (Å²) in [6.45, 7) is 1.68. The van der Waals surface area contributed by atoms with Gasteiger partial charge < -0.3 is 15.0 Å². The fraction of sp³-hybridized carbons (Fsp3) is 0.533. The van der Waals surface area contributed by atoms with Gasteiger partial charge in [0.1, 0.15) is 11.3 Å². The van der Waals surface area contributed by atoms with Crippen molar-refractivity contribution in [3.05, 3.63) is 28.7 Å². The molecule has 1 fully saturated rings. The standard InChI is InChI=1S/C15H19BrFN3O/c16-10-7-11(17)15-13(8-10)19-9-20(15)6-2-3-12-14(21)4-1-5-18-12/h7-9,12,14,18,21H,1-6H2/t12-,14+/m1/s1. The van der Waals surface area contributed by atoms with Gasteiger partial charge in [0.25, 0.3) is 0 Å². The smallest absolute Gasteiger partial charge is 0.150 e. The van der Waals surface area contributed by atoms with Crippen molar-refractivity contribution >= 4 is 27.0 Å². The van der Waals surface area contributed by atoms with Crippen LogP contribution in [-0.2, 0) is 6.54 Å². The van der Waals surface area contributed by atoms with Crippen molar-refractivity contribution in [2.45, 2.75) is 44.4 Å². The number of hydrogen-bond acceptors (Lipinski definition) is 3. The molecule has 4 nitrogen and oxygen atoms in total. The van der Waals surface area contributed by atoms with Crippen molar-refractivity contribution in [2.75, 3.05) is 6.54 Å². The monoisotopic (exact) mass is 355 g/mol. The van der Waals surface area contributed by atoms with E-state index in [4.69, 9.17) is 0 Å². The Bertz CT molecular complexity index is 631. The molecule has 0 saturated carbocycles. The van der Waals surface area contributed by atoms with Crippen LogP contribution in [0, 0.1) is 5.82 Å². The molecule has 1 aromatic heterocycles. The number of fused-ring (bicyclic) bond motifs is 1. The summed E-state index contributed by atoms with van der Waals surface area (Å²) in [7, 11) is 0. The summed E-state index contributed by atoms with van der Waals surface area (Å²) < 4.78 is 16.6. The SMILES string of the molecule is O[C@H]1CCCN[C@@H]1CCCn1cnc2cc(Br)cc(F)c21. The highest BCUT2D eigenvalue weighted by atomic mass is 79.9. The number of piperidine rings is 1. The first-order valence-corrected chi connectivity index (χ1v) is 8.16. The maximum Gasteiger partial charge on any atom is 0.150 e. The molecule has 0 unspecified atom stereocenters. The predicted molar refractivity (Wildman–Crippen MR) is 83.7 cm³/mol. The molecule has 114 valence electrons. The molecule has 2 atom stereocenters. The average Bonchev–Trinajstić information content (AvgIpc) is 2.84. The Balaban J connectivity index is 1.65. The third kappa shape index (κ3) is 3.27. The number of benzene rings is 1. The minimum Gasteiger partial charge on any atom is -0.392 e. The molecule has 2 N–H and O–H groups in total. The Labute approximate surface area is 131 Å². The highest BCUT2D eigenvalue weighted by Gasteiger charge is 2.21. The number of aliphatic hydroxyl groups excluding tert-OH is 1. The van der Waals surface area contributed by atoms with Gasteiger partial charge in [-0.3, -0.25) is 0 Å². The van der Waals surface area contributed by atoms with Crippen LogP contribution in [0.2, 0.25) is 0 Å². The van der Waals surface area contributed by atoms with Gasteiger partial charge in [-0.2, -0.15) is 0 Å². The summed E-state index contributed by atoms with van der Waals surface area (Å²) in [5.74, 6) is -0.257. The van der Waals surface area contributed by atoms with Crippen molar-refractivity contribution in [1.29, 1.82) is 0 Å². The van der Waals surface area contributed by atoms with Crippen LogP contribution in [0.4, 0.5) is 4.39 Å². The van der Waals surface area contributed by atoms with E-state index < -0.39 is 0 Å². The average molecular weight is 356 g/mol. The second-order valence-electron chi connectivity index (χ2n) is 5.61. The number of nitrogens with zero attached hydrogens (tertiary/aromatic N) is 2. The van der Waals surface area contributed by atoms with E-state index >= 15 is 0 Å². The lowest BCUT2D eigenvalue weighted by molar-refractivity contribution is 0.0909. The Morgan fingerprint density at radius 2 is 2.33 bits per heavy atom. The van der Waals surface area contributed by atoms with E-state index in [2.05, 4.69) is 26.2 Å². The number of aromatic nitrogens is 2. The minimum atomic E-state index is -0.258. The molecule has 6 heteroatoms. The molecule has 1 saturated heterocycles. The molecule has 0 amide bonds. The van der Waals surface area contributed by atoms with E-state index in [9.17, 15) is 9.50 Å². The van der Waals surface area contributed by atoms with E-state index in [0.29, 0.717) is 22.1 Å². The van der Waals surface area contributed by atoms with Gasteiger partial charge in [-0.05, 0) is 44.4 Å². The van der Waals surface area contributed by atoms with Crippen molar-refractivity contribution in [3.8, 4) is 0 Å². The summed E-state index contributed by atoms with van der Waals surface area (Å²) >= 11 is 3.28. The summed E-state index contributed by atoms with van der Waals surface area (Å²) in [6.07, 6.45) is 5.10. The van der Waals surface area contributed by atoms with Crippen LogP contribution in [0.15, 0.2) is 22.9 Å². The normalized spacial score (nSPS) is 22.8. The fourth-order valence-electron chi connectivity index (χ4n) is 3.01. The van der Waals surface area contributed by atoms with E-state index in [0.717, 1.165) is 32.2 Å². The Morgan fingerprint density at radius 1 is 1.48 bits per heavy atom. The van der Waals surface area contributed by atoms with Gasteiger partial charge in [0.05, 0.1) is 17.9 Å². The zero-order valence-corrected chi connectivity index (χ0v) is 13.3. The topological polar surface area (TPSA) is 50.1 Å². The molecular weight excluding hydrogens is 337 g/mol. The highest BCUT2D eigenvalue weighted by molar-refractivity contribution is 9.10. The molecule has 1 aromatic carbocycles. The molecule has 2 aromatic rings. The number of hydrogen-bond donors (Lipinski definition) is 2. The Kier molecular flexibility index (Phi) is 4.57. The van der Waals surface area contributed by atoms with E-state index in [1.54, 1.807) is 6.33 Å². The Hall–Kier alpha value is -0.980. The van der Waals surface area contributed by atoms with E-state index in [-0.39, 0.29) is 18.0 Å². The number of aryl methyl sites for hydroxylation is 1. The van der Waals surface area contributed by atoms with Crippen LogP contribution in [0.1, 0.15) is 25.7 Å². The maximum absolute atomic E-state index is 14.0. The van der Waals surface area contributed by atoms with Gasteiger partial charge in [-0.1, -0.05) is 15.9 Å². The lowest BCUT2D eigenvalue weighted by atomic mass is 9.97. The van der Waals surface area contributed by atoms with Gasteiger partial charge >= 0.3 is 0 Å². The quantitative estimate of drug-likeness (QED) is 0.886. The number of rotatable bonds is 4. The zero-order valence-electron chi connectivity index (χ0n) is 11.7. The molecule has 0 spiro atoms. The van der Waals surface area contributed by atoms with Gasteiger partial charge in [-0.25, -0.2) is 9.37 Å². The first-order valence-electron chi connectivity index (χ1n) is 7.36. The Morgan fingerprint density at radius 3 is 3.14 bits per heavy atom. The molecule has 0 radical (unpaired) electrons. The lowest BCUT2D eigenvalue weighted by Gasteiger charge is -2.29. The van der Waals surface area contributed by atoms with Gasteiger partial charge in [0.15, 0.2) is 0 Å². The number of halogens is 2. The van der Waals surface area contributed by atoms with Gasteiger partial charge in [0, 0.05) is 17.1 Å². The highest BCUT2D eigenvalue weighted by Crippen LogP contribution is 2.23. The van der Waals surface area contributed by atoms with E-state index in [1.165, 1.54) is 6.07 Å². The molecule has 3 rings (SSSR count). The van der Waals surface area contributed by atoms with Crippen LogP contribution in [0.25, 0.3) is 11.0 Å². The fourth-order valence-corrected chi connectivity index (χ4v) is 3.42. The molecule has 21 heavy (non-hydrogen) atoms. The molecular formula is C15H19BrFN3O. The van der Waals surface area contributed by atoms with Crippen molar-refractivity contribution in [1.82, 2.24) is 14.9 Å². The summed E-state index contributed by atoms with van der Waals surface area (Å²) in [6, 6.07) is 3.45. The van der Waals surface area contributed by atoms with Crippen molar-refractivity contribution in [3.63, 3.8) is 0 Å². The molecule has 0 bridgehead atoms. The largest absolute Gasteiger partial charge is 0.392 e. The van der Waals surface area contributed by atoms with Crippen LogP contribution >= 0.6 is 15.9 Å². The van der Waals surface area contributed by atoms with E-state index in [1.807, 2.05) is 10.6 Å². The number of aliphatic hydroxyl groups is 1. The maximum atomic E-state index is 14.0. The van der Waals surface area contributed by atoms with Gasteiger partial charge in [-0.15, -0.1) is 0 Å². The first kappa shape index (κ1) is 14.9.